The molecule has 0 aliphatic rings. The van der Waals surface area contributed by atoms with Gasteiger partial charge < -0.3 is 10.2 Å². The van der Waals surface area contributed by atoms with Crippen molar-refractivity contribution in [2.45, 2.75) is 39.8 Å². The van der Waals surface area contributed by atoms with E-state index in [9.17, 15) is 10.1 Å². The maximum Gasteiger partial charge on any atom is 0.278 e. The average molecular weight is 280 g/mol. The third-order valence-electron chi connectivity index (χ3n) is 3.39. The number of nitrogens with zero attached hydrogens (tertiary/aromatic N) is 3. The van der Waals surface area contributed by atoms with Crippen molar-refractivity contribution in [1.29, 1.82) is 0 Å². The molecular formula is C14H24N4O2. The third kappa shape index (κ3) is 4.54. The summed E-state index contributed by atoms with van der Waals surface area (Å²) in [7, 11) is 4.09. The SMILES string of the molecule is Cc1cnc(CNC(C)CCN(C)C)c(C)c1[N+](=O)[O-]. The van der Waals surface area contributed by atoms with Crippen LogP contribution < -0.4 is 5.32 Å². The van der Waals surface area contributed by atoms with Gasteiger partial charge in [0.05, 0.1) is 10.6 Å². The standard InChI is InChI=1S/C14H24N4O2/c1-10-8-16-13(12(3)14(10)18(19)20)9-15-11(2)6-7-17(4)5/h8,11,15H,6-7,9H2,1-5H3. The minimum atomic E-state index is -0.328. The summed E-state index contributed by atoms with van der Waals surface area (Å²) >= 11 is 0. The predicted octanol–water partition coefficient (Wildman–Crippen LogP) is 2.04. The van der Waals surface area contributed by atoms with E-state index in [0.29, 0.717) is 23.7 Å². The van der Waals surface area contributed by atoms with E-state index in [0.717, 1.165) is 18.7 Å². The topological polar surface area (TPSA) is 71.3 Å². The molecule has 1 rings (SSSR count). The van der Waals surface area contributed by atoms with Crippen molar-refractivity contribution in [3.63, 3.8) is 0 Å². The van der Waals surface area contributed by atoms with Gasteiger partial charge in [0.1, 0.15) is 0 Å². The second-order valence-electron chi connectivity index (χ2n) is 5.49. The van der Waals surface area contributed by atoms with Gasteiger partial charge in [0, 0.05) is 29.9 Å². The number of nitrogens with one attached hydrogen (secondary N) is 1. The Balaban J connectivity index is 2.69. The molecule has 6 heteroatoms. The monoisotopic (exact) mass is 280 g/mol. The summed E-state index contributed by atoms with van der Waals surface area (Å²) in [6.45, 7) is 7.16. The Morgan fingerprint density at radius 2 is 2.10 bits per heavy atom. The van der Waals surface area contributed by atoms with Crippen molar-refractivity contribution in [1.82, 2.24) is 15.2 Å². The van der Waals surface area contributed by atoms with Crippen molar-refractivity contribution in [3.05, 3.63) is 33.1 Å². The van der Waals surface area contributed by atoms with Crippen molar-refractivity contribution in [2.75, 3.05) is 20.6 Å². The molecular weight excluding hydrogens is 256 g/mol. The second-order valence-corrected chi connectivity index (χ2v) is 5.49. The quantitative estimate of drug-likeness (QED) is 0.611. The fraction of sp³-hybridized carbons (Fsp3) is 0.643. The van der Waals surface area contributed by atoms with Gasteiger partial charge in [-0.05, 0) is 47.8 Å². The summed E-state index contributed by atoms with van der Waals surface area (Å²) in [5, 5.41) is 14.4. The molecule has 1 aromatic rings. The lowest BCUT2D eigenvalue weighted by Gasteiger charge is -2.17. The normalized spacial score (nSPS) is 12.7. The summed E-state index contributed by atoms with van der Waals surface area (Å²) in [6.07, 6.45) is 2.60. The summed E-state index contributed by atoms with van der Waals surface area (Å²) in [5.74, 6) is 0. The zero-order valence-electron chi connectivity index (χ0n) is 12.9. The molecule has 1 N–H and O–H groups in total. The summed E-state index contributed by atoms with van der Waals surface area (Å²) in [6, 6.07) is 0.346. The van der Waals surface area contributed by atoms with Crippen LogP contribution in [0.1, 0.15) is 30.2 Å². The van der Waals surface area contributed by atoms with Gasteiger partial charge in [-0.1, -0.05) is 0 Å². The molecule has 20 heavy (non-hydrogen) atoms. The molecule has 0 fully saturated rings. The molecule has 0 aromatic carbocycles. The van der Waals surface area contributed by atoms with E-state index in [-0.39, 0.29) is 10.6 Å². The van der Waals surface area contributed by atoms with Crippen molar-refractivity contribution < 1.29 is 4.92 Å². The number of hydrogen-bond acceptors (Lipinski definition) is 5. The van der Waals surface area contributed by atoms with E-state index in [4.69, 9.17) is 0 Å². The summed E-state index contributed by atoms with van der Waals surface area (Å²) < 4.78 is 0. The molecule has 0 bridgehead atoms. The zero-order valence-corrected chi connectivity index (χ0v) is 12.9. The van der Waals surface area contributed by atoms with E-state index < -0.39 is 0 Å². The van der Waals surface area contributed by atoms with E-state index in [2.05, 4.69) is 22.1 Å². The van der Waals surface area contributed by atoms with Crippen LogP contribution in [0.15, 0.2) is 6.20 Å². The van der Waals surface area contributed by atoms with Crippen LogP contribution in [-0.2, 0) is 6.54 Å². The highest BCUT2D eigenvalue weighted by Crippen LogP contribution is 2.23. The Kier molecular flexibility index (Phi) is 6.04. The first-order valence-corrected chi connectivity index (χ1v) is 6.80. The lowest BCUT2D eigenvalue weighted by molar-refractivity contribution is -0.386. The van der Waals surface area contributed by atoms with Gasteiger partial charge in [-0.15, -0.1) is 0 Å². The van der Waals surface area contributed by atoms with Crippen LogP contribution in [0.3, 0.4) is 0 Å². The van der Waals surface area contributed by atoms with Gasteiger partial charge in [-0.2, -0.15) is 0 Å². The van der Waals surface area contributed by atoms with Crippen molar-refractivity contribution >= 4 is 5.69 Å². The number of rotatable bonds is 7. The van der Waals surface area contributed by atoms with Crippen LogP contribution in [0.5, 0.6) is 0 Å². The van der Waals surface area contributed by atoms with Gasteiger partial charge >= 0.3 is 0 Å². The predicted molar refractivity (Wildman–Crippen MR) is 79.8 cm³/mol. The highest BCUT2D eigenvalue weighted by molar-refractivity contribution is 5.47. The third-order valence-corrected chi connectivity index (χ3v) is 3.39. The molecule has 1 aromatic heterocycles. The van der Waals surface area contributed by atoms with Crippen LogP contribution >= 0.6 is 0 Å². The maximum atomic E-state index is 11.1. The Morgan fingerprint density at radius 1 is 1.45 bits per heavy atom. The molecule has 112 valence electrons. The molecule has 0 amide bonds. The van der Waals surface area contributed by atoms with Gasteiger partial charge in [-0.25, -0.2) is 0 Å². The summed E-state index contributed by atoms with van der Waals surface area (Å²) in [5.41, 5.74) is 2.19. The van der Waals surface area contributed by atoms with Crippen molar-refractivity contribution in [2.24, 2.45) is 0 Å². The molecule has 0 aliphatic heterocycles. The minimum absolute atomic E-state index is 0.178. The lowest BCUT2D eigenvalue weighted by Crippen LogP contribution is -2.30. The Bertz CT molecular complexity index is 474. The molecule has 1 atom stereocenters. The number of aryl methyl sites for hydroxylation is 1. The second kappa shape index (κ2) is 7.31. The fourth-order valence-corrected chi connectivity index (χ4v) is 2.05. The van der Waals surface area contributed by atoms with Crippen LogP contribution in [0.4, 0.5) is 5.69 Å². The molecule has 1 heterocycles. The van der Waals surface area contributed by atoms with Gasteiger partial charge in [0.15, 0.2) is 0 Å². The number of aromatic nitrogens is 1. The van der Waals surface area contributed by atoms with Gasteiger partial charge in [0.2, 0.25) is 0 Å². The molecule has 0 saturated heterocycles. The Morgan fingerprint density at radius 3 is 2.65 bits per heavy atom. The van der Waals surface area contributed by atoms with E-state index >= 15 is 0 Å². The summed E-state index contributed by atoms with van der Waals surface area (Å²) in [4.78, 5) is 17.2. The van der Waals surface area contributed by atoms with Gasteiger partial charge in [0.25, 0.3) is 5.69 Å². The molecule has 0 saturated carbocycles. The van der Waals surface area contributed by atoms with Crippen LogP contribution in [0.25, 0.3) is 0 Å². The van der Waals surface area contributed by atoms with E-state index in [1.807, 2.05) is 14.1 Å². The highest BCUT2D eigenvalue weighted by Gasteiger charge is 2.18. The lowest BCUT2D eigenvalue weighted by atomic mass is 10.1. The number of nitro groups is 1. The number of hydrogen-bond donors (Lipinski definition) is 1. The fourth-order valence-electron chi connectivity index (χ4n) is 2.05. The molecule has 1 unspecified atom stereocenters. The molecule has 0 aliphatic carbocycles. The van der Waals surface area contributed by atoms with Crippen LogP contribution in [0, 0.1) is 24.0 Å². The minimum Gasteiger partial charge on any atom is -0.309 e. The first-order chi connectivity index (χ1) is 9.32. The number of pyridine rings is 1. The largest absolute Gasteiger partial charge is 0.309 e. The van der Waals surface area contributed by atoms with Gasteiger partial charge in [-0.3, -0.25) is 15.1 Å². The smallest absolute Gasteiger partial charge is 0.278 e. The van der Waals surface area contributed by atoms with E-state index in [1.54, 1.807) is 20.0 Å². The molecule has 0 radical (unpaired) electrons. The van der Waals surface area contributed by atoms with E-state index in [1.165, 1.54) is 0 Å². The first kappa shape index (κ1) is 16.5. The molecule has 0 spiro atoms. The zero-order chi connectivity index (χ0) is 15.3. The first-order valence-electron chi connectivity index (χ1n) is 6.80. The Labute approximate surface area is 120 Å². The van der Waals surface area contributed by atoms with Crippen LogP contribution in [0.2, 0.25) is 0 Å². The highest BCUT2D eigenvalue weighted by atomic mass is 16.6. The Hall–Kier alpha value is -1.53. The van der Waals surface area contributed by atoms with Crippen molar-refractivity contribution in [3.8, 4) is 0 Å². The average Bonchev–Trinajstić information content (AvgIpc) is 2.35. The maximum absolute atomic E-state index is 11.1. The van der Waals surface area contributed by atoms with Crippen LogP contribution in [-0.4, -0.2) is 41.5 Å². The molecule has 6 nitrogen and oxygen atoms in total.